The Morgan fingerprint density at radius 1 is 1.43 bits per heavy atom. The zero-order valence-corrected chi connectivity index (χ0v) is 13.6. The van der Waals surface area contributed by atoms with E-state index in [0.29, 0.717) is 23.6 Å². The van der Waals surface area contributed by atoms with Crippen molar-refractivity contribution in [3.05, 3.63) is 23.8 Å². The van der Waals surface area contributed by atoms with Crippen molar-refractivity contribution in [2.45, 2.75) is 50.4 Å². The highest BCUT2D eigenvalue weighted by Gasteiger charge is 2.25. The van der Waals surface area contributed by atoms with E-state index in [0.717, 1.165) is 37.0 Å². The van der Waals surface area contributed by atoms with Crippen LogP contribution in [0.2, 0.25) is 0 Å². The zero-order chi connectivity index (χ0) is 15.2. The van der Waals surface area contributed by atoms with E-state index in [1.54, 1.807) is 19.2 Å². The molecule has 0 aromatic heterocycles. The van der Waals surface area contributed by atoms with Crippen molar-refractivity contribution in [3.8, 4) is 11.5 Å². The number of ether oxygens (including phenoxy) is 1. The molecule has 0 radical (unpaired) electrons. The van der Waals surface area contributed by atoms with Gasteiger partial charge in [0.1, 0.15) is 0 Å². The van der Waals surface area contributed by atoms with Crippen LogP contribution in [0.4, 0.5) is 0 Å². The van der Waals surface area contributed by atoms with Gasteiger partial charge < -0.3 is 15.2 Å². The molecule has 1 aliphatic carbocycles. The molecule has 4 nitrogen and oxygen atoms in total. The van der Waals surface area contributed by atoms with E-state index in [4.69, 9.17) is 4.74 Å². The Kier molecular flexibility index (Phi) is 6.06. The molecule has 0 unspecified atom stereocenters. The summed E-state index contributed by atoms with van der Waals surface area (Å²) < 4.78 is 17.0. The minimum atomic E-state index is -0.687. The number of phenolic OH excluding ortho intramolecular Hbond substituents is 1. The first-order chi connectivity index (χ1) is 10.1. The third-order valence-electron chi connectivity index (χ3n) is 4.12. The third kappa shape index (κ3) is 4.45. The van der Waals surface area contributed by atoms with Crippen LogP contribution in [0.5, 0.6) is 11.5 Å². The summed E-state index contributed by atoms with van der Waals surface area (Å²) in [5.41, 5.74) is 1.03. The van der Waals surface area contributed by atoms with E-state index < -0.39 is 10.8 Å². The van der Waals surface area contributed by atoms with Gasteiger partial charge in [0.2, 0.25) is 0 Å². The van der Waals surface area contributed by atoms with E-state index in [-0.39, 0.29) is 5.75 Å². The van der Waals surface area contributed by atoms with Crippen molar-refractivity contribution in [2.24, 2.45) is 0 Å². The quantitative estimate of drug-likeness (QED) is 0.848. The number of nitrogens with one attached hydrogen (secondary N) is 1. The minimum absolute atomic E-state index is 0.172. The van der Waals surface area contributed by atoms with E-state index in [1.165, 1.54) is 0 Å². The van der Waals surface area contributed by atoms with Gasteiger partial charge in [-0.25, -0.2) is 0 Å². The smallest absolute Gasteiger partial charge is 0.160 e. The molecule has 0 heterocycles. The largest absolute Gasteiger partial charge is 0.504 e. The van der Waals surface area contributed by atoms with E-state index in [9.17, 15) is 9.32 Å². The second kappa shape index (κ2) is 7.80. The molecular formula is C16H25NO3S. The molecule has 0 bridgehead atoms. The Morgan fingerprint density at radius 2 is 2.24 bits per heavy atom. The normalized spacial score (nSPS) is 23.7. The van der Waals surface area contributed by atoms with Gasteiger partial charge in [0.25, 0.3) is 0 Å². The second-order valence-electron chi connectivity index (χ2n) is 5.54. The van der Waals surface area contributed by atoms with Crippen LogP contribution in [0, 0.1) is 0 Å². The van der Waals surface area contributed by atoms with Crippen molar-refractivity contribution in [2.75, 3.05) is 12.9 Å². The summed E-state index contributed by atoms with van der Waals surface area (Å²) in [6, 6.07) is 5.89. The van der Waals surface area contributed by atoms with Crippen LogP contribution in [0.1, 0.15) is 38.2 Å². The van der Waals surface area contributed by atoms with Crippen LogP contribution in [0.25, 0.3) is 0 Å². The first-order valence-corrected chi connectivity index (χ1v) is 8.98. The van der Waals surface area contributed by atoms with Crippen molar-refractivity contribution < 1.29 is 14.1 Å². The predicted molar refractivity (Wildman–Crippen MR) is 86.2 cm³/mol. The fourth-order valence-electron chi connectivity index (χ4n) is 2.91. The Labute approximate surface area is 129 Å². The van der Waals surface area contributed by atoms with Gasteiger partial charge in [-0.15, -0.1) is 0 Å². The Bertz CT molecular complexity index is 492. The Hall–Kier alpha value is -1.07. The van der Waals surface area contributed by atoms with Crippen LogP contribution >= 0.6 is 0 Å². The lowest BCUT2D eigenvalue weighted by molar-refractivity contribution is 0.368. The van der Waals surface area contributed by atoms with Gasteiger partial charge in [0.15, 0.2) is 11.5 Å². The van der Waals surface area contributed by atoms with Crippen LogP contribution in [0.15, 0.2) is 18.2 Å². The molecule has 0 amide bonds. The minimum Gasteiger partial charge on any atom is -0.504 e. The molecule has 1 fully saturated rings. The first kappa shape index (κ1) is 16.3. The zero-order valence-electron chi connectivity index (χ0n) is 12.8. The van der Waals surface area contributed by atoms with Crippen molar-refractivity contribution in [3.63, 3.8) is 0 Å². The highest BCUT2D eigenvalue weighted by molar-refractivity contribution is 7.85. The highest BCUT2D eigenvalue weighted by Crippen LogP contribution is 2.27. The van der Waals surface area contributed by atoms with Gasteiger partial charge in [-0.2, -0.15) is 0 Å². The average Bonchev–Trinajstić information content (AvgIpc) is 2.52. The second-order valence-corrected chi connectivity index (χ2v) is 7.55. The molecule has 5 heteroatoms. The van der Waals surface area contributed by atoms with Gasteiger partial charge in [0.05, 0.1) is 7.11 Å². The molecule has 1 aromatic carbocycles. The average molecular weight is 311 g/mol. The molecule has 1 aliphatic rings. The summed E-state index contributed by atoms with van der Waals surface area (Å²) in [6.45, 7) is 2.71. The number of hydrogen-bond donors (Lipinski definition) is 2. The van der Waals surface area contributed by atoms with Crippen molar-refractivity contribution in [1.82, 2.24) is 5.32 Å². The Morgan fingerprint density at radius 3 is 2.90 bits per heavy atom. The number of methoxy groups -OCH3 is 1. The molecule has 0 saturated heterocycles. The van der Waals surface area contributed by atoms with Crippen LogP contribution in [-0.4, -0.2) is 33.5 Å². The molecule has 2 rings (SSSR count). The third-order valence-corrected chi connectivity index (χ3v) is 5.86. The molecule has 1 aromatic rings. The molecule has 3 atom stereocenters. The van der Waals surface area contributed by atoms with Gasteiger partial charge in [-0.1, -0.05) is 19.4 Å². The number of hydrogen-bond acceptors (Lipinski definition) is 4. The lowest BCUT2D eigenvalue weighted by atomic mass is 9.95. The SMILES string of the molecule is CC[S@](=O)[C@H]1CCC[C@@H](NCc2ccc(OC)c(O)c2)C1. The highest BCUT2D eigenvalue weighted by atomic mass is 32.2. The van der Waals surface area contributed by atoms with Crippen LogP contribution in [-0.2, 0) is 17.3 Å². The van der Waals surface area contributed by atoms with Crippen molar-refractivity contribution >= 4 is 10.8 Å². The number of aromatic hydroxyl groups is 1. The van der Waals surface area contributed by atoms with Crippen LogP contribution < -0.4 is 10.1 Å². The lowest BCUT2D eigenvalue weighted by Crippen LogP contribution is -2.37. The standard InChI is InChI=1S/C16H25NO3S/c1-3-21(19)14-6-4-5-13(10-14)17-11-12-7-8-16(20-2)15(18)9-12/h7-9,13-14,17-18H,3-6,10-11H2,1-2H3/t13-,14+,21+/m1/s1. The van der Waals surface area contributed by atoms with Gasteiger partial charge in [0, 0.05) is 34.4 Å². The number of rotatable bonds is 6. The maximum atomic E-state index is 11.9. The summed E-state index contributed by atoms with van der Waals surface area (Å²) >= 11 is 0. The maximum Gasteiger partial charge on any atom is 0.160 e. The molecule has 118 valence electrons. The van der Waals surface area contributed by atoms with Gasteiger partial charge in [-0.3, -0.25) is 4.21 Å². The summed E-state index contributed by atoms with van der Waals surface area (Å²) in [6.07, 6.45) is 4.35. The number of phenols is 1. The van der Waals surface area contributed by atoms with E-state index >= 15 is 0 Å². The monoisotopic (exact) mass is 311 g/mol. The first-order valence-electron chi connectivity index (χ1n) is 7.60. The van der Waals surface area contributed by atoms with Gasteiger partial charge in [-0.05, 0) is 37.0 Å². The fraction of sp³-hybridized carbons (Fsp3) is 0.625. The van der Waals surface area contributed by atoms with E-state index in [2.05, 4.69) is 5.32 Å². The number of benzene rings is 1. The summed E-state index contributed by atoms with van der Waals surface area (Å²) in [5, 5.41) is 13.6. The van der Waals surface area contributed by atoms with Crippen molar-refractivity contribution in [1.29, 1.82) is 0 Å². The van der Waals surface area contributed by atoms with Crippen LogP contribution in [0.3, 0.4) is 0 Å². The molecule has 2 N–H and O–H groups in total. The topological polar surface area (TPSA) is 58.6 Å². The predicted octanol–water partition coefficient (Wildman–Crippen LogP) is 2.57. The summed E-state index contributed by atoms with van der Waals surface area (Å²) in [7, 11) is 0.858. The molecule has 0 spiro atoms. The molecule has 0 aliphatic heterocycles. The fourth-order valence-corrected chi connectivity index (χ4v) is 4.26. The molecule has 1 saturated carbocycles. The molecular weight excluding hydrogens is 286 g/mol. The summed E-state index contributed by atoms with van der Waals surface area (Å²) in [5.74, 6) is 1.42. The summed E-state index contributed by atoms with van der Waals surface area (Å²) in [4.78, 5) is 0. The van der Waals surface area contributed by atoms with E-state index in [1.807, 2.05) is 13.0 Å². The van der Waals surface area contributed by atoms with Gasteiger partial charge >= 0.3 is 0 Å². The Balaban J connectivity index is 1.87. The lowest BCUT2D eigenvalue weighted by Gasteiger charge is -2.29. The maximum absolute atomic E-state index is 11.9. The molecule has 21 heavy (non-hydrogen) atoms.